The summed E-state index contributed by atoms with van der Waals surface area (Å²) in [7, 11) is 0. The van der Waals surface area contributed by atoms with Crippen LogP contribution in [-0.4, -0.2) is 67.1 Å². The zero-order valence-electron chi connectivity index (χ0n) is 20.0. The van der Waals surface area contributed by atoms with Crippen LogP contribution in [0.5, 0.6) is 0 Å². The van der Waals surface area contributed by atoms with Crippen molar-refractivity contribution in [2.24, 2.45) is 5.73 Å². The Morgan fingerprint density at radius 1 is 0.848 bits per heavy atom. The van der Waals surface area contributed by atoms with Crippen molar-refractivity contribution in [3.05, 3.63) is 48.1 Å². The summed E-state index contributed by atoms with van der Waals surface area (Å²) in [6, 6.07) is 0. The second-order valence-corrected chi connectivity index (χ2v) is 6.49. The Balaban J connectivity index is -0.000000433. The third-order valence-corrected chi connectivity index (χ3v) is 3.09. The van der Waals surface area contributed by atoms with E-state index in [4.69, 9.17) is 20.7 Å². The molecule has 4 N–H and O–H groups in total. The molecule has 0 rings (SSSR count). The molecule has 0 spiro atoms. The van der Waals surface area contributed by atoms with Gasteiger partial charge in [0.2, 0.25) is 0 Å². The van der Waals surface area contributed by atoms with Crippen LogP contribution in [0.15, 0.2) is 48.1 Å². The molecule has 0 unspecified atom stereocenters. The fraction of sp³-hybridized carbons (Fsp3) is 0.478. The highest BCUT2D eigenvalue weighted by Gasteiger charge is 2.08. The lowest BCUT2D eigenvalue weighted by atomic mass is 10.2. The SMILES string of the molecule is C=C(C)C(=O)OCCN.C=C(C)C(=O)OCCO.C=C(C=C(C)C(=O)O)C(=O)OCCCC. The second-order valence-electron chi connectivity index (χ2n) is 6.49. The summed E-state index contributed by atoms with van der Waals surface area (Å²) in [4.78, 5) is 42.7. The molecule has 0 saturated carbocycles. The van der Waals surface area contributed by atoms with Crippen molar-refractivity contribution < 1.29 is 43.6 Å². The molecule has 0 heterocycles. The molecule has 10 heteroatoms. The Labute approximate surface area is 195 Å². The highest BCUT2D eigenvalue weighted by atomic mass is 16.5. The molecule has 0 aromatic rings. The van der Waals surface area contributed by atoms with Crippen molar-refractivity contribution in [3.8, 4) is 0 Å². The van der Waals surface area contributed by atoms with Gasteiger partial charge in [0.15, 0.2) is 0 Å². The van der Waals surface area contributed by atoms with Gasteiger partial charge in [0.25, 0.3) is 0 Å². The first-order valence-corrected chi connectivity index (χ1v) is 10.1. The molecule has 0 aliphatic rings. The van der Waals surface area contributed by atoms with Crippen molar-refractivity contribution >= 4 is 23.9 Å². The number of aliphatic carboxylic acids is 1. The summed E-state index contributed by atoms with van der Waals surface area (Å²) in [5.41, 5.74) is 5.95. The molecule has 0 aromatic carbocycles. The smallest absolute Gasteiger partial charge is 0.337 e. The predicted octanol–water partition coefficient (Wildman–Crippen LogP) is 2.08. The Hall–Kier alpha value is -3.24. The summed E-state index contributed by atoms with van der Waals surface area (Å²) in [5, 5.41) is 16.8. The number of esters is 3. The quantitative estimate of drug-likeness (QED) is 0.126. The van der Waals surface area contributed by atoms with Crippen molar-refractivity contribution in [1.29, 1.82) is 0 Å². The van der Waals surface area contributed by atoms with E-state index in [0.717, 1.165) is 12.8 Å². The van der Waals surface area contributed by atoms with Crippen LogP contribution in [-0.2, 0) is 33.4 Å². The molecule has 0 saturated heterocycles. The van der Waals surface area contributed by atoms with Gasteiger partial charge in [-0.2, -0.15) is 0 Å². The number of nitrogens with two attached hydrogens (primary N) is 1. The minimum absolute atomic E-state index is 0.0473. The zero-order chi connectivity index (χ0) is 26.4. The normalized spacial score (nSPS) is 9.70. The van der Waals surface area contributed by atoms with Crippen molar-refractivity contribution in [2.75, 3.05) is 33.0 Å². The maximum absolute atomic E-state index is 11.2. The number of hydrogen-bond acceptors (Lipinski definition) is 9. The van der Waals surface area contributed by atoms with Gasteiger partial charge in [-0.15, -0.1) is 0 Å². The van der Waals surface area contributed by atoms with E-state index < -0.39 is 17.9 Å². The third-order valence-electron chi connectivity index (χ3n) is 3.09. The van der Waals surface area contributed by atoms with Gasteiger partial charge in [-0.3, -0.25) is 0 Å². The van der Waals surface area contributed by atoms with Crippen molar-refractivity contribution in [1.82, 2.24) is 0 Å². The Bertz CT molecular complexity index is 679. The van der Waals surface area contributed by atoms with Crippen LogP contribution in [0.1, 0.15) is 40.5 Å². The highest BCUT2D eigenvalue weighted by Crippen LogP contribution is 2.03. The molecule has 0 bridgehead atoms. The average molecular weight is 472 g/mol. The van der Waals surface area contributed by atoms with Gasteiger partial charge >= 0.3 is 23.9 Å². The average Bonchev–Trinajstić information content (AvgIpc) is 2.76. The van der Waals surface area contributed by atoms with Gasteiger partial charge < -0.3 is 30.2 Å². The molecule has 0 amide bonds. The van der Waals surface area contributed by atoms with Crippen LogP contribution < -0.4 is 5.73 Å². The van der Waals surface area contributed by atoms with Crippen LogP contribution in [0.3, 0.4) is 0 Å². The molecule has 0 fully saturated rings. The molecule has 10 nitrogen and oxygen atoms in total. The lowest BCUT2D eigenvalue weighted by molar-refractivity contribution is -0.140. The van der Waals surface area contributed by atoms with Gasteiger partial charge in [0, 0.05) is 23.3 Å². The number of aliphatic hydroxyl groups is 1. The van der Waals surface area contributed by atoms with Crippen molar-refractivity contribution in [3.63, 3.8) is 0 Å². The number of carboxylic acid groups (broad SMARTS) is 1. The van der Waals surface area contributed by atoms with Crippen LogP contribution in [0.2, 0.25) is 0 Å². The molecular formula is C23H37NO9. The van der Waals surface area contributed by atoms with Gasteiger partial charge in [-0.25, -0.2) is 19.2 Å². The van der Waals surface area contributed by atoms with E-state index in [-0.39, 0.29) is 36.9 Å². The highest BCUT2D eigenvalue weighted by molar-refractivity contribution is 5.95. The fourth-order valence-electron chi connectivity index (χ4n) is 1.32. The molecule has 0 aliphatic heterocycles. The monoisotopic (exact) mass is 471 g/mol. The van der Waals surface area contributed by atoms with Crippen LogP contribution >= 0.6 is 0 Å². The maximum atomic E-state index is 11.2. The number of carbonyl (C=O) groups excluding carboxylic acids is 3. The van der Waals surface area contributed by atoms with E-state index in [9.17, 15) is 19.2 Å². The van der Waals surface area contributed by atoms with Crippen LogP contribution in [0, 0.1) is 0 Å². The molecule has 188 valence electrons. The second kappa shape index (κ2) is 22.0. The first-order valence-electron chi connectivity index (χ1n) is 10.1. The number of hydrogen-bond donors (Lipinski definition) is 3. The lowest BCUT2D eigenvalue weighted by Crippen LogP contribution is -2.13. The van der Waals surface area contributed by atoms with Gasteiger partial charge in [-0.05, 0) is 33.3 Å². The van der Waals surface area contributed by atoms with Gasteiger partial charge in [0.1, 0.15) is 13.2 Å². The minimum Gasteiger partial charge on any atom is -0.478 e. The number of carboxylic acids is 1. The fourth-order valence-corrected chi connectivity index (χ4v) is 1.32. The van der Waals surface area contributed by atoms with Gasteiger partial charge in [0.05, 0.1) is 18.8 Å². The molecule has 0 aliphatic carbocycles. The number of aliphatic hydroxyl groups excluding tert-OH is 1. The topological polar surface area (TPSA) is 162 Å². The standard InChI is InChI=1S/C11H16O4.C6H11NO2.C6H10O3/c1-4-5-6-15-11(14)9(3)7-8(2)10(12)13;2*1-5(2)6(8)9-4-3-7/h7H,3-6H2,1-2H3,(H,12,13);1,3-4,7H2,2H3;7H,1,3-4H2,2H3. The van der Waals surface area contributed by atoms with E-state index in [1.54, 1.807) is 13.8 Å². The minimum atomic E-state index is -1.07. The Morgan fingerprint density at radius 3 is 1.67 bits per heavy atom. The maximum Gasteiger partial charge on any atom is 0.337 e. The van der Waals surface area contributed by atoms with E-state index in [1.165, 1.54) is 13.0 Å². The van der Waals surface area contributed by atoms with Gasteiger partial charge in [-0.1, -0.05) is 33.1 Å². The summed E-state index contributed by atoms with van der Waals surface area (Å²) in [5.74, 6) is -2.47. The van der Waals surface area contributed by atoms with E-state index in [0.29, 0.717) is 24.3 Å². The number of carbonyl (C=O) groups is 4. The molecule has 33 heavy (non-hydrogen) atoms. The summed E-state index contributed by atoms with van der Waals surface area (Å²) in [6.45, 7) is 17.6. The van der Waals surface area contributed by atoms with Crippen LogP contribution in [0.25, 0.3) is 0 Å². The number of ether oxygens (including phenoxy) is 3. The van der Waals surface area contributed by atoms with E-state index in [2.05, 4.69) is 29.2 Å². The third kappa shape index (κ3) is 23.3. The molecule has 0 atom stereocenters. The Kier molecular flexibility index (Phi) is 22.9. The molecule has 0 aromatic heterocycles. The molecular weight excluding hydrogens is 434 g/mol. The lowest BCUT2D eigenvalue weighted by Gasteiger charge is -2.03. The first-order chi connectivity index (χ1) is 15.3. The van der Waals surface area contributed by atoms with E-state index >= 15 is 0 Å². The summed E-state index contributed by atoms with van der Waals surface area (Å²) < 4.78 is 13.9. The predicted molar refractivity (Wildman–Crippen MR) is 124 cm³/mol. The summed E-state index contributed by atoms with van der Waals surface area (Å²) in [6.07, 6.45) is 2.93. The zero-order valence-corrected chi connectivity index (χ0v) is 20.0. The number of rotatable bonds is 12. The largest absolute Gasteiger partial charge is 0.478 e. The van der Waals surface area contributed by atoms with Crippen LogP contribution in [0.4, 0.5) is 0 Å². The van der Waals surface area contributed by atoms with E-state index in [1.807, 2.05) is 6.92 Å². The molecule has 0 radical (unpaired) electrons. The van der Waals surface area contributed by atoms with Crippen molar-refractivity contribution in [2.45, 2.75) is 40.5 Å². The first kappa shape index (κ1) is 34.4. The summed E-state index contributed by atoms with van der Waals surface area (Å²) >= 11 is 0. The Morgan fingerprint density at radius 2 is 1.30 bits per heavy atom. The number of unbranched alkanes of at least 4 members (excludes halogenated alkanes) is 1.